The van der Waals surface area contributed by atoms with Crippen LogP contribution in [0.4, 0.5) is 0 Å². The number of ether oxygens (including phenoxy) is 1. The third-order valence-electron chi connectivity index (χ3n) is 4.89. The summed E-state index contributed by atoms with van der Waals surface area (Å²) in [6.45, 7) is 2.39. The molecule has 0 aliphatic rings. The van der Waals surface area contributed by atoms with Crippen LogP contribution in [-0.4, -0.2) is 35.2 Å². The maximum absolute atomic E-state index is 12.8. The molecule has 0 fully saturated rings. The van der Waals surface area contributed by atoms with Gasteiger partial charge in [-0.2, -0.15) is 0 Å². The average Bonchev–Trinajstić information content (AvgIpc) is 3.26. The normalized spacial score (nSPS) is 11.5. The minimum atomic E-state index is -3.62. The van der Waals surface area contributed by atoms with E-state index in [1.807, 2.05) is 6.92 Å². The molecule has 0 aliphatic carbocycles. The zero-order valence-corrected chi connectivity index (χ0v) is 17.7. The van der Waals surface area contributed by atoms with Crippen molar-refractivity contribution in [2.24, 2.45) is 0 Å². The van der Waals surface area contributed by atoms with E-state index in [1.165, 1.54) is 18.3 Å². The summed E-state index contributed by atoms with van der Waals surface area (Å²) >= 11 is 0. The molecule has 2 aromatic heterocycles. The Labute approximate surface area is 180 Å². The van der Waals surface area contributed by atoms with E-state index in [0.29, 0.717) is 36.5 Å². The molecule has 7 nitrogen and oxygen atoms in total. The Bertz CT molecular complexity index is 1310. The molecule has 158 valence electrons. The molecule has 31 heavy (non-hydrogen) atoms. The third-order valence-corrected chi connectivity index (χ3v) is 6.67. The topological polar surface area (TPSA) is 90.6 Å². The molecular weight excluding hydrogens is 414 g/mol. The summed E-state index contributed by atoms with van der Waals surface area (Å²) in [6.07, 6.45) is 7.40. The molecule has 0 atom stereocenters. The average molecular weight is 436 g/mol. The molecule has 0 radical (unpaired) electrons. The number of fused-ring (bicyclic) bond motifs is 1. The van der Waals surface area contributed by atoms with E-state index in [-0.39, 0.29) is 15.6 Å². The maximum atomic E-state index is 12.8. The molecule has 0 saturated heterocycles. The van der Waals surface area contributed by atoms with E-state index >= 15 is 0 Å². The Morgan fingerprint density at radius 2 is 1.68 bits per heavy atom. The summed E-state index contributed by atoms with van der Waals surface area (Å²) in [4.78, 5) is 21.1. The lowest BCUT2D eigenvalue weighted by molar-refractivity contribution is 0.0982. The van der Waals surface area contributed by atoms with Crippen molar-refractivity contribution in [2.75, 3.05) is 6.61 Å². The fourth-order valence-corrected chi connectivity index (χ4v) is 4.48. The van der Waals surface area contributed by atoms with Crippen LogP contribution < -0.4 is 4.74 Å². The number of carbonyl (C=O) groups is 1. The molecule has 8 heteroatoms. The lowest BCUT2D eigenvalue weighted by Gasteiger charge is -2.08. The van der Waals surface area contributed by atoms with Gasteiger partial charge >= 0.3 is 0 Å². The number of hydrogen-bond donors (Lipinski definition) is 0. The van der Waals surface area contributed by atoms with Gasteiger partial charge in [-0.1, -0.05) is 12.1 Å². The van der Waals surface area contributed by atoms with Crippen molar-refractivity contribution >= 4 is 21.4 Å². The van der Waals surface area contributed by atoms with Gasteiger partial charge in [0.25, 0.3) is 0 Å². The first-order chi connectivity index (χ1) is 15.0. The Kier molecular flexibility index (Phi) is 5.81. The van der Waals surface area contributed by atoms with E-state index in [2.05, 4.69) is 9.97 Å². The number of carbonyl (C=O) groups excluding carboxylic acids is 1. The Morgan fingerprint density at radius 1 is 1.00 bits per heavy atom. The van der Waals surface area contributed by atoms with Crippen molar-refractivity contribution in [2.45, 2.75) is 29.6 Å². The van der Waals surface area contributed by atoms with Crippen LogP contribution in [-0.2, 0) is 16.3 Å². The smallest absolute Gasteiger partial charge is 0.233 e. The van der Waals surface area contributed by atoms with Crippen LogP contribution in [0.3, 0.4) is 0 Å². The van der Waals surface area contributed by atoms with Crippen LogP contribution in [0.2, 0.25) is 0 Å². The van der Waals surface area contributed by atoms with Gasteiger partial charge in [-0.25, -0.2) is 18.4 Å². The summed E-state index contributed by atoms with van der Waals surface area (Å²) < 4.78 is 32.7. The van der Waals surface area contributed by atoms with Crippen LogP contribution in [0.25, 0.3) is 5.78 Å². The monoisotopic (exact) mass is 435 g/mol. The first kappa shape index (κ1) is 20.7. The first-order valence-corrected chi connectivity index (χ1v) is 11.3. The van der Waals surface area contributed by atoms with E-state index in [9.17, 15) is 13.2 Å². The standard InChI is InChI=1S/C23H21N3O4S/c1-2-30-19-6-10-21(11-7-19)31(28,29)20-8-3-17(4-9-20)5-12-22(27)18-15-25-23-24-13-14-26(23)16-18/h3-4,6-11,13-16H,2,5,12H2,1H3. The van der Waals surface area contributed by atoms with Gasteiger partial charge in [0.2, 0.25) is 15.6 Å². The lowest BCUT2D eigenvalue weighted by Crippen LogP contribution is -2.05. The Morgan fingerprint density at radius 3 is 2.35 bits per heavy atom. The van der Waals surface area contributed by atoms with Crippen LogP contribution in [0.5, 0.6) is 5.75 Å². The Hall–Kier alpha value is -3.52. The van der Waals surface area contributed by atoms with Crippen LogP contribution in [0.15, 0.2) is 83.1 Å². The lowest BCUT2D eigenvalue weighted by atomic mass is 10.0. The predicted molar refractivity (Wildman–Crippen MR) is 115 cm³/mol. The molecular formula is C23H21N3O4S. The minimum absolute atomic E-state index is 0.0332. The third kappa shape index (κ3) is 4.49. The van der Waals surface area contributed by atoms with Gasteiger partial charge in [-0.05, 0) is 55.3 Å². The number of nitrogens with zero attached hydrogens (tertiary/aromatic N) is 3. The number of benzene rings is 2. The highest BCUT2D eigenvalue weighted by Crippen LogP contribution is 2.24. The van der Waals surface area contributed by atoms with Gasteiger partial charge in [0.15, 0.2) is 5.78 Å². The number of Topliss-reactive ketones (excluding diaryl/α,β-unsaturated/α-hetero) is 1. The van der Waals surface area contributed by atoms with Gasteiger partial charge in [-0.15, -0.1) is 0 Å². The second-order valence-electron chi connectivity index (χ2n) is 6.95. The molecule has 0 aliphatic heterocycles. The highest BCUT2D eigenvalue weighted by Gasteiger charge is 2.18. The quantitative estimate of drug-likeness (QED) is 0.391. The number of hydrogen-bond acceptors (Lipinski definition) is 6. The summed E-state index contributed by atoms with van der Waals surface area (Å²) in [5.74, 6) is 1.14. The predicted octanol–water partition coefficient (Wildman–Crippen LogP) is 3.78. The van der Waals surface area contributed by atoms with E-state index in [0.717, 1.165) is 5.56 Å². The first-order valence-electron chi connectivity index (χ1n) is 9.86. The molecule has 0 spiro atoms. The van der Waals surface area contributed by atoms with Gasteiger partial charge in [0, 0.05) is 31.2 Å². The zero-order valence-electron chi connectivity index (χ0n) is 16.9. The summed E-state index contributed by atoms with van der Waals surface area (Å²) in [7, 11) is -3.62. The molecule has 0 bridgehead atoms. The number of rotatable bonds is 8. The van der Waals surface area contributed by atoms with E-state index in [1.54, 1.807) is 59.4 Å². The fraction of sp³-hybridized carbons (Fsp3) is 0.174. The highest BCUT2D eigenvalue weighted by molar-refractivity contribution is 7.91. The minimum Gasteiger partial charge on any atom is -0.494 e. The summed E-state index contributed by atoms with van der Waals surface area (Å²) in [5.41, 5.74) is 1.40. The Balaban J connectivity index is 1.43. The van der Waals surface area contributed by atoms with Crippen molar-refractivity contribution in [1.29, 1.82) is 0 Å². The van der Waals surface area contributed by atoms with Crippen LogP contribution in [0, 0.1) is 0 Å². The van der Waals surface area contributed by atoms with Crippen molar-refractivity contribution in [3.63, 3.8) is 0 Å². The highest BCUT2D eigenvalue weighted by atomic mass is 32.2. The number of imidazole rings is 1. The molecule has 0 amide bonds. The molecule has 4 aromatic rings. The SMILES string of the molecule is CCOc1ccc(S(=O)(=O)c2ccc(CCC(=O)c3cnc4nccn4c3)cc2)cc1. The van der Waals surface area contributed by atoms with Gasteiger partial charge in [0.05, 0.1) is 22.0 Å². The fourth-order valence-electron chi connectivity index (χ4n) is 3.22. The van der Waals surface area contributed by atoms with Crippen LogP contribution >= 0.6 is 0 Å². The van der Waals surface area contributed by atoms with Gasteiger partial charge in [-0.3, -0.25) is 9.20 Å². The van der Waals surface area contributed by atoms with Crippen molar-refractivity contribution in [3.8, 4) is 5.75 Å². The number of ketones is 1. The molecule has 2 heterocycles. The molecule has 0 N–H and O–H groups in total. The number of sulfone groups is 1. The van der Waals surface area contributed by atoms with Crippen molar-refractivity contribution < 1.29 is 17.9 Å². The summed E-state index contributed by atoms with van der Waals surface area (Å²) in [5, 5.41) is 0. The van der Waals surface area contributed by atoms with Gasteiger partial charge < -0.3 is 4.74 Å². The molecule has 0 saturated carbocycles. The number of aromatic nitrogens is 3. The molecule has 4 rings (SSSR count). The molecule has 0 unspecified atom stereocenters. The largest absolute Gasteiger partial charge is 0.494 e. The maximum Gasteiger partial charge on any atom is 0.233 e. The molecule has 2 aromatic carbocycles. The van der Waals surface area contributed by atoms with Crippen LogP contribution in [0.1, 0.15) is 29.3 Å². The number of aryl methyl sites for hydroxylation is 1. The zero-order chi connectivity index (χ0) is 21.8. The van der Waals surface area contributed by atoms with Crippen molar-refractivity contribution in [3.05, 3.63) is 84.4 Å². The van der Waals surface area contributed by atoms with Gasteiger partial charge in [0.1, 0.15) is 5.75 Å². The van der Waals surface area contributed by atoms with E-state index in [4.69, 9.17) is 4.74 Å². The van der Waals surface area contributed by atoms with E-state index < -0.39 is 9.84 Å². The summed E-state index contributed by atoms with van der Waals surface area (Å²) in [6, 6.07) is 13.0. The second kappa shape index (κ2) is 8.69. The van der Waals surface area contributed by atoms with Crippen molar-refractivity contribution in [1.82, 2.24) is 14.4 Å². The second-order valence-corrected chi connectivity index (χ2v) is 8.90.